The minimum absolute atomic E-state index is 0.0764. The molecule has 0 amide bonds. The number of hydrogen-bond acceptors (Lipinski definition) is 3. The lowest BCUT2D eigenvalue weighted by Gasteiger charge is -2.26. The molecule has 0 spiro atoms. The normalized spacial score (nSPS) is 15.6. The fourth-order valence-electron chi connectivity index (χ4n) is 2.10. The van der Waals surface area contributed by atoms with Gasteiger partial charge in [-0.1, -0.05) is 36.4 Å². The zero-order chi connectivity index (χ0) is 14.8. The minimum Gasteiger partial charge on any atom is -0.464 e. The Morgan fingerprint density at radius 3 is 2.60 bits per heavy atom. The van der Waals surface area contributed by atoms with Gasteiger partial charge in [-0.25, -0.2) is 9.18 Å². The number of carbonyl (C=O) groups excluding carboxylic acids is 1. The SMILES string of the molecule is CCOC(=O)C(F)C(C)(O)c1ccc2ccccc2c1. The van der Waals surface area contributed by atoms with E-state index < -0.39 is 17.7 Å². The van der Waals surface area contributed by atoms with Gasteiger partial charge in [0, 0.05) is 0 Å². The topological polar surface area (TPSA) is 46.5 Å². The Balaban J connectivity index is 2.37. The summed E-state index contributed by atoms with van der Waals surface area (Å²) in [6.45, 7) is 2.95. The number of hydrogen-bond donors (Lipinski definition) is 1. The average molecular weight is 276 g/mol. The molecule has 2 unspecified atom stereocenters. The molecule has 2 atom stereocenters. The number of halogens is 1. The van der Waals surface area contributed by atoms with Crippen LogP contribution >= 0.6 is 0 Å². The molecule has 0 saturated carbocycles. The van der Waals surface area contributed by atoms with Crippen LogP contribution in [0.1, 0.15) is 19.4 Å². The molecule has 20 heavy (non-hydrogen) atoms. The van der Waals surface area contributed by atoms with Crippen LogP contribution in [0.15, 0.2) is 42.5 Å². The van der Waals surface area contributed by atoms with Crippen molar-refractivity contribution in [3.63, 3.8) is 0 Å². The Morgan fingerprint density at radius 1 is 1.30 bits per heavy atom. The van der Waals surface area contributed by atoms with Crippen LogP contribution in [0.5, 0.6) is 0 Å². The van der Waals surface area contributed by atoms with Crippen LogP contribution in [0.4, 0.5) is 4.39 Å². The molecule has 4 heteroatoms. The standard InChI is InChI=1S/C16H17FO3/c1-3-20-15(18)14(17)16(2,19)13-9-8-11-6-4-5-7-12(11)10-13/h4-10,14,19H,3H2,1-2H3. The molecule has 0 aliphatic carbocycles. The zero-order valence-electron chi connectivity index (χ0n) is 11.5. The smallest absolute Gasteiger partial charge is 0.344 e. The van der Waals surface area contributed by atoms with Crippen molar-refractivity contribution in [3.05, 3.63) is 48.0 Å². The van der Waals surface area contributed by atoms with Crippen molar-refractivity contribution in [1.82, 2.24) is 0 Å². The summed E-state index contributed by atoms with van der Waals surface area (Å²) in [6, 6.07) is 12.6. The summed E-state index contributed by atoms with van der Waals surface area (Å²) in [4.78, 5) is 11.5. The van der Waals surface area contributed by atoms with Crippen LogP contribution in [0.2, 0.25) is 0 Å². The molecule has 2 rings (SSSR count). The molecule has 0 radical (unpaired) electrons. The number of fused-ring (bicyclic) bond motifs is 1. The molecule has 0 aliphatic rings. The number of carbonyl (C=O) groups is 1. The molecule has 3 nitrogen and oxygen atoms in total. The summed E-state index contributed by atoms with van der Waals surface area (Å²) < 4.78 is 18.7. The lowest BCUT2D eigenvalue weighted by atomic mass is 9.89. The van der Waals surface area contributed by atoms with Gasteiger partial charge in [0.25, 0.3) is 0 Å². The first-order valence-electron chi connectivity index (χ1n) is 6.49. The second kappa shape index (κ2) is 5.59. The van der Waals surface area contributed by atoms with Gasteiger partial charge in [-0.2, -0.15) is 0 Å². The number of benzene rings is 2. The first kappa shape index (κ1) is 14.5. The average Bonchev–Trinajstić information content (AvgIpc) is 2.46. The lowest BCUT2D eigenvalue weighted by Crippen LogP contribution is -2.40. The van der Waals surface area contributed by atoms with Crippen LogP contribution in [-0.2, 0) is 15.1 Å². The molecule has 2 aromatic carbocycles. The number of rotatable bonds is 4. The predicted octanol–water partition coefficient (Wildman–Crippen LogP) is 2.95. The van der Waals surface area contributed by atoms with Gasteiger partial charge in [-0.3, -0.25) is 0 Å². The van der Waals surface area contributed by atoms with Crippen LogP contribution in [0, 0.1) is 0 Å². The fraction of sp³-hybridized carbons (Fsp3) is 0.312. The molecule has 106 valence electrons. The molecule has 0 aromatic heterocycles. The van der Waals surface area contributed by atoms with Gasteiger partial charge in [0.15, 0.2) is 0 Å². The van der Waals surface area contributed by atoms with Crippen molar-refractivity contribution in [2.75, 3.05) is 6.61 Å². The first-order chi connectivity index (χ1) is 9.46. The van der Waals surface area contributed by atoms with E-state index in [1.807, 2.05) is 24.3 Å². The van der Waals surface area contributed by atoms with Crippen molar-refractivity contribution < 1.29 is 19.0 Å². The third kappa shape index (κ3) is 2.65. The van der Waals surface area contributed by atoms with Crippen molar-refractivity contribution in [2.24, 2.45) is 0 Å². The summed E-state index contributed by atoms with van der Waals surface area (Å²) in [6.07, 6.45) is -2.12. The van der Waals surface area contributed by atoms with Gasteiger partial charge in [0.05, 0.1) is 6.61 Å². The van der Waals surface area contributed by atoms with E-state index in [2.05, 4.69) is 4.74 Å². The Hall–Kier alpha value is -1.94. The van der Waals surface area contributed by atoms with E-state index >= 15 is 0 Å². The highest BCUT2D eigenvalue weighted by molar-refractivity contribution is 5.84. The summed E-state index contributed by atoms with van der Waals surface area (Å²) in [5.41, 5.74) is -1.58. The maximum Gasteiger partial charge on any atom is 0.344 e. The second-order valence-corrected chi connectivity index (χ2v) is 4.82. The number of ether oxygens (including phenoxy) is 1. The van der Waals surface area contributed by atoms with E-state index in [1.165, 1.54) is 6.92 Å². The highest BCUT2D eigenvalue weighted by atomic mass is 19.1. The largest absolute Gasteiger partial charge is 0.464 e. The molecule has 0 bridgehead atoms. The number of alkyl halides is 1. The summed E-state index contributed by atoms with van der Waals surface area (Å²) in [5, 5.41) is 12.2. The van der Waals surface area contributed by atoms with Gasteiger partial charge in [0.2, 0.25) is 6.17 Å². The van der Waals surface area contributed by atoms with E-state index in [9.17, 15) is 14.3 Å². The van der Waals surface area contributed by atoms with E-state index in [-0.39, 0.29) is 6.61 Å². The maximum atomic E-state index is 14.1. The molecule has 0 fully saturated rings. The van der Waals surface area contributed by atoms with E-state index in [1.54, 1.807) is 25.1 Å². The minimum atomic E-state index is -2.12. The third-order valence-electron chi connectivity index (χ3n) is 3.32. The van der Waals surface area contributed by atoms with Gasteiger partial charge in [-0.05, 0) is 36.2 Å². The van der Waals surface area contributed by atoms with E-state index in [0.717, 1.165) is 10.8 Å². The van der Waals surface area contributed by atoms with Gasteiger partial charge in [0.1, 0.15) is 5.60 Å². The third-order valence-corrected chi connectivity index (χ3v) is 3.32. The van der Waals surface area contributed by atoms with Gasteiger partial charge in [-0.15, -0.1) is 0 Å². The summed E-state index contributed by atoms with van der Waals surface area (Å²) in [7, 11) is 0. The highest BCUT2D eigenvalue weighted by Crippen LogP contribution is 2.30. The van der Waals surface area contributed by atoms with Gasteiger partial charge < -0.3 is 9.84 Å². The Labute approximate surface area is 117 Å². The highest BCUT2D eigenvalue weighted by Gasteiger charge is 2.40. The van der Waals surface area contributed by atoms with E-state index in [0.29, 0.717) is 5.56 Å². The quantitative estimate of drug-likeness (QED) is 0.873. The predicted molar refractivity (Wildman–Crippen MR) is 75.0 cm³/mol. The molecular weight excluding hydrogens is 259 g/mol. The summed E-state index contributed by atoms with van der Waals surface area (Å²) >= 11 is 0. The van der Waals surface area contributed by atoms with Gasteiger partial charge >= 0.3 is 5.97 Å². The Bertz CT molecular complexity index is 622. The zero-order valence-corrected chi connectivity index (χ0v) is 11.5. The van der Waals surface area contributed by atoms with Crippen LogP contribution in [-0.4, -0.2) is 23.9 Å². The Kier molecular flexibility index (Phi) is 4.04. The molecule has 2 aromatic rings. The molecule has 0 aliphatic heterocycles. The molecule has 0 saturated heterocycles. The monoisotopic (exact) mass is 276 g/mol. The summed E-state index contributed by atoms with van der Waals surface area (Å²) in [5.74, 6) is -1.05. The van der Waals surface area contributed by atoms with Crippen LogP contribution < -0.4 is 0 Å². The van der Waals surface area contributed by atoms with Crippen molar-refractivity contribution in [3.8, 4) is 0 Å². The molecule has 1 N–H and O–H groups in total. The molecular formula is C16H17FO3. The van der Waals surface area contributed by atoms with E-state index in [4.69, 9.17) is 0 Å². The number of esters is 1. The first-order valence-corrected chi connectivity index (χ1v) is 6.49. The van der Waals surface area contributed by atoms with Crippen molar-refractivity contribution in [2.45, 2.75) is 25.6 Å². The maximum absolute atomic E-state index is 14.1. The van der Waals surface area contributed by atoms with Crippen molar-refractivity contribution >= 4 is 16.7 Å². The second-order valence-electron chi connectivity index (χ2n) is 4.82. The van der Waals surface area contributed by atoms with Crippen LogP contribution in [0.3, 0.4) is 0 Å². The fourth-order valence-corrected chi connectivity index (χ4v) is 2.10. The Morgan fingerprint density at radius 2 is 1.95 bits per heavy atom. The van der Waals surface area contributed by atoms with Crippen LogP contribution in [0.25, 0.3) is 10.8 Å². The molecule has 0 heterocycles. The lowest BCUT2D eigenvalue weighted by molar-refractivity contribution is -0.160. The number of aliphatic hydroxyl groups is 1. The van der Waals surface area contributed by atoms with Crippen molar-refractivity contribution in [1.29, 1.82) is 0 Å².